The highest BCUT2D eigenvalue weighted by atomic mass is 32.1. The molecule has 0 fully saturated rings. The maximum atomic E-state index is 4.37. The van der Waals surface area contributed by atoms with Crippen molar-refractivity contribution < 1.29 is 0 Å². The zero-order chi connectivity index (χ0) is 13.0. The summed E-state index contributed by atoms with van der Waals surface area (Å²) in [7, 11) is 2.19. The number of hydrogen-bond acceptors (Lipinski definition) is 3. The first kappa shape index (κ1) is 13.3. The predicted octanol–water partition coefficient (Wildman–Crippen LogP) is 3.03. The zero-order valence-electron chi connectivity index (χ0n) is 11.3. The molecule has 0 aliphatic carbocycles. The van der Waals surface area contributed by atoms with E-state index in [1.807, 2.05) is 6.20 Å². The van der Waals surface area contributed by atoms with Gasteiger partial charge < -0.3 is 4.57 Å². The molecule has 0 bridgehead atoms. The van der Waals surface area contributed by atoms with Crippen LogP contribution in [0.1, 0.15) is 25.2 Å². The number of aryl methyl sites for hydroxylation is 1. The molecule has 0 saturated heterocycles. The topological polar surface area (TPSA) is 21.1 Å². The molecular weight excluding hydrogens is 242 g/mol. The molecule has 0 N–H and O–H groups in total. The Morgan fingerprint density at radius 3 is 3.00 bits per heavy atom. The SMILES string of the molecule is CCc1nccn1CC(C)N(C)Cc1ccsc1. The van der Waals surface area contributed by atoms with Gasteiger partial charge in [-0.2, -0.15) is 11.3 Å². The third kappa shape index (κ3) is 3.21. The van der Waals surface area contributed by atoms with Gasteiger partial charge in [0.15, 0.2) is 0 Å². The summed E-state index contributed by atoms with van der Waals surface area (Å²) in [4.78, 5) is 6.76. The van der Waals surface area contributed by atoms with Crippen LogP contribution in [-0.2, 0) is 19.5 Å². The van der Waals surface area contributed by atoms with Crippen molar-refractivity contribution in [2.45, 2.75) is 39.4 Å². The van der Waals surface area contributed by atoms with Gasteiger partial charge in [0.05, 0.1) is 0 Å². The highest BCUT2D eigenvalue weighted by molar-refractivity contribution is 7.07. The first-order chi connectivity index (χ1) is 8.70. The number of likely N-dealkylation sites (N-methyl/N-ethyl adjacent to an activating group) is 1. The second-order valence-corrected chi connectivity index (χ2v) is 5.53. The molecule has 18 heavy (non-hydrogen) atoms. The van der Waals surface area contributed by atoms with Gasteiger partial charge in [0.25, 0.3) is 0 Å². The molecular formula is C14H21N3S. The first-order valence-corrected chi connectivity index (χ1v) is 7.36. The van der Waals surface area contributed by atoms with E-state index in [4.69, 9.17) is 0 Å². The summed E-state index contributed by atoms with van der Waals surface area (Å²) in [5, 5.41) is 4.36. The van der Waals surface area contributed by atoms with Crippen LogP contribution in [0, 0.1) is 0 Å². The third-order valence-corrected chi connectivity index (χ3v) is 4.08. The van der Waals surface area contributed by atoms with E-state index in [0.29, 0.717) is 6.04 Å². The van der Waals surface area contributed by atoms with E-state index in [2.05, 4.69) is 58.4 Å². The predicted molar refractivity (Wildman–Crippen MR) is 76.9 cm³/mol. The van der Waals surface area contributed by atoms with Crippen LogP contribution in [0.25, 0.3) is 0 Å². The number of nitrogens with zero attached hydrogens (tertiary/aromatic N) is 3. The van der Waals surface area contributed by atoms with E-state index in [1.165, 1.54) is 11.4 Å². The van der Waals surface area contributed by atoms with Gasteiger partial charge in [-0.05, 0) is 36.4 Å². The van der Waals surface area contributed by atoms with Crippen molar-refractivity contribution in [3.05, 3.63) is 40.6 Å². The molecule has 0 aliphatic heterocycles. The summed E-state index contributed by atoms with van der Waals surface area (Å²) in [5.74, 6) is 1.17. The number of hydrogen-bond donors (Lipinski definition) is 0. The lowest BCUT2D eigenvalue weighted by Crippen LogP contribution is -2.32. The van der Waals surface area contributed by atoms with Crippen molar-refractivity contribution in [3.63, 3.8) is 0 Å². The van der Waals surface area contributed by atoms with Gasteiger partial charge in [-0.15, -0.1) is 0 Å². The van der Waals surface area contributed by atoms with Crippen LogP contribution in [0.3, 0.4) is 0 Å². The molecule has 98 valence electrons. The summed E-state index contributed by atoms with van der Waals surface area (Å²) in [5.41, 5.74) is 1.40. The van der Waals surface area contributed by atoms with E-state index in [1.54, 1.807) is 11.3 Å². The standard InChI is InChI=1S/C14H21N3S/c1-4-14-15-6-7-17(14)9-12(2)16(3)10-13-5-8-18-11-13/h5-8,11-12H,4,9-10H2,1-3H3. The van der Waals surface area contributed by atoms with Gasteiger partial charge >= 0.3 is 0 Å². The lowest BCUT2D eigenvalue weighted by Gasteiger charge is -2.25. The maximum Gasteiger partial charge on any atom is 0.108 e. The van der Waals surface area contributed by atoms with E-state index in [-0.39, 0.29) is 0 Å². The van der Waals surface area contributed by atoms with Crippen LogP contribution >= 0.6 is 11.3 Å². The third-order valence-electron chi connectivity index (χ3n) is 3.34. The van der Waals surface area contributed by atoms with Crippen LogP contribution in [0.2, 0.25) is 0 Å². The largest absolute Gasteiger partial charge is 0.333 e. The Kier molecular flexibility index (Phi) is 4.55. The summed E-state index contributed by atoms with van der Waals surface area (Å²) in [6, 6.07) is 2.70. The van der Waals surface area contributed by atoms with E-state index < -0.39 is 0 Å². The molecule has 2 rings (SSSR count). The van der Waals surface area contributed by atoms with Crippen LogP contribution < -0.4 is 0 Å². The maximum absolute atomic E-state index is 4.37. The fraction of sp³-hybridized carbons (Fsp3) is 0.500. The second kappa shape index (κ2) is 6.16. The molecule has 0 aliphatic rings. The highest BCUT2D eigenvalue weighted by Gasteiger charge is 2.12. The normalized spacial score (nSPS) is 13.1. The van der Waals surface area contributed by atoms with Crippen LogP contribution in [0.15, 0.2) is 29.2 Å². The molecule has 2 aromatic rings. The smallest absolute Gasteiger partial charge is 0.108 e. The zero-order valence-corrected chi connectivity index (χ0v) is 12.2. The number of aromatic nitrogens is 2. The van der Waals surface area contributed by atoms with Gasteiger partial charge in [-0.3, -0.25) is 4.90 Å². The molecule has 1 unspecified atom stereocenters. The molecule has 2 aromatic heterocycles. The lowest BCUT2D eigenvalue weighted by atomic mass is 10.2. The molecule has 4 heteroatoms. The number of imidazole rings is 1. The minimum atomic E-state index is 0.504. The van der Waals surface area contributed by atoms with Gasteiger partial charge in [0, 0.05) is 37.9 Å². The van der Waals surface area contributed by atoms with Gasteiger partial charge in [0.1, 0.15) is 5.82 Å². The minimum Gasteiger partial charge on any atom is -0.333 e. The average molecular weight is 263 g/mol. The molecule has 0 saturated carbocycles. The Morgan fingerprint density at radius 2 is 2.33 bits per heavy atom. The molecule has 2 heterocycles. The Labute approximate surface area is 113 Å². The van der Waals surface area contributed by atoms with Gasteiger partial charge in [-0.25, -0.2) is 4.98 Å². The molecule has 3 nitrogen and oxygen atoms in total. The summed E-state index contributed by atoms with van der Waals surface area (Å²) >= 11 is 1.76. The van der Waals surface area contributed by atoms with Crippen molar-refractivity contribution in [2.24, 2.45) is 0 Å². The molecule has 0 amide bonds. The van der Waals surface area contributed by atoms with Gasteiger partial charge in [-0.1, -0.05) is 6.92 Å². The van der Waals surface area contributed by atoms with Crippen molar-refractivity contribution in [1.29, 1.82) is 0 Å². The van der Waals surface area contributed by atoms with Crippen LogP contribution in [0.5, 0.6) is 0 Å². The number of thiophene rings is 1. The van der Waals surface area contributed by atoms with Crippen LogP contribution in [-0.4, -0.2) is 27.5 Å². The highest BCUT2D eigenvalue weighted by Crippen LogP contribution is 2.12. The van der Waals surface area contributed by atoms with Crippen molar-refractivity contribution in [1.82, 2.24) is 14.5 Å². The Balaban J connectivity index is 1.93. The quantitative estimate of drug-likeness (QED) is 0.799. The summed E-state index contributed by atoms with van der Waals surface area (Å²) in [6.45, 7) is 6.44. The Bertz CT molecular complexity index is 461. The van der Waals surface area contributed by atoms with Crippen molar-refractivity contribution in [2.75, 3.05) is 7.05 Å². The Hall–Kier alpha value is -1.13. The summed E-state index contributed by atoms with van der Waals surface area (Å²) in [6.07, 6.45) is 4.96. The summed E-state index contributed by atoms with van der Waals surface area (Å²) < 4.78 is 2.26. The Morgan fingerprint density at radius 1 is 1.50 bits per heavy atom. The van der Waals surface area contributed by atoms with Gasteiger partial charge in [0.2, 0.25) is 0 Å². The fourth-order valence-corrected chi connectivity index (χ4v) is 2.73. The van der Waals surface area contributed by atoms with E-state index in [0.717, 1.165) is 19.5 Å². The fourth-order valence-electron chi connectivity index (χ4n) is 2.07. The van der Waals surface area contributed by atoms with E-state index in [9.17, 15) is 0 Å². The first-order valence-electron chi connectivity index (χ1n) is 6.42. The van der Waals surface area contributed by atoms with Crippen molar-refractivity contribution >= 4 is 11.3 Å². The van der Waals surface area contributed by atoms with Crippen molar-refractivity contribution in [3.8, 4) is 0 Å². The molecule has 0 radical (unpaired) electrons. The average Bonchev–Trinajstić information content (AvgIpc) is 2.99. The monoisotopic (exact) mass is 263 g/mol. The lowest BCUT2D eigenvalue weighted by molar-refractivity contribution is 0.226. The minimum absolute atomic E-state index is 0.504. The van der Waals surface area contributed by atoms with Crippen LogP contribution in [0.4, 0.5) is 0 Å². The second-order valence-electron chi connectivity index (χ2n) is 4.75. The molecule has 1 atom stereocenters. The number of rotatable bonds is 6. The molecule has 0 spiro atoms. The molecule has 0 aromatic carbocycles. The van der Waals surface area contributed by atoms with E-state index >= 15 is 0 Å².